The van der Waals surface area contributed by atoms with E-state index in [0.717, 1.165) is 40.9 Å². The Kier molecular flexibility index (Phi) is 6.69. The monoisotopic (exact) mass is 459 g/mol. The predicted octanol–water partition coefficient (Wildman–Crippen LogP) is 5.30. The molecule has 1 fully saturated rings. The number of hydrogen-bond donors (Lipinski definition) is 1. The third kappa shape index (κ3) is 5.14. The molecule has 1 aliphatic rings. The van der Waals surface area contributed by atoms with Gasteiger partial charge in [0.15, 0.2) is 5.13 Å². The number of sulfonamides is 1. The van der Waals surface area contributed by atoms with Crippen LogP contribution in [0.2, 0.25) is 0 Å². The summed E-state index contributed by atoms with van der Waals surface area (Å²) in [5.41, 5.74) is 2.35. The molecule has 1 aliphatic heterocycles. The number of piperidine rings is 1. The highest BCUT2D eigenvalue weighted by Gasteiger charge is 2.33. The van der Waals surface area contributed by atoms with Gasteiger partial charge in [-0.05, 0) is 49.9 Å². The van der Waals surface area contributed by atoms with Crippen LogP contribution in [0.4, 0.5) is 9.52 Å². The molecule has 0 saturated carbocycles. The fraction of sp³-hybridized carbons (Fsp3) is 0.348. The fourth-order valence-electron chi connectivity index (χ4n) is 3.98. The van der Waals surface area contributed by atoms with E-state index in [-0.39, 0.29) is 10.9 Å². The quantitative estimate of drug-likeness (QED) is 0.521. The first kappa shape index (κ1) is 21.9. The second kappa shape index (κ2) is 9.46. The molecular weight excluding hydrogens is 433 g/mol. The molecule has 4 rings (SSSR count). The number of benzene rings is 2. The van der Waals surface area contributed by atoms with E-state index < -0.39 is 15.8 Å². The molecule has 31 heavy (non-hydrogen) atoms. The first-order chi connectivity index (χ1) is 14.9. The maximum absolute atomic E-state index is 13.6. The van der Waals surface area contributed by atoms with Gasteiger partial charge in [-0.15, -0.1) is 0 Å². The standard InChI is InChI=1S/C23H26FN3O2S2/c1-17-6-4-7-18(14-17)22-16-26-23(30-22)25-12-11-20-9-2-3-13-27(20)31(28,29)21-10-5-8-19(24)15-21/h4-8,10,14-16,20H,2-3,9,11-13H2,1H3,(H,25,26). The molecule has 2 aromatic carbocycles. The summed E-state index contributed by atoms with van der Waals surface area (Å²) >= 11 is 1.59. The molecule has 1 saturated heterocycles. The predicted molar refractivity (Wildman–Crippen MR) is 123 cm³/mol. The molecule has 2 heterocycles. The maximum atomic E-state index is 13.6. The van der Waals surface area contributed by atoms with Gasteiger partial charge < -0.3 is 5.32 Å². The third-order valence-electron chi connectivity index (χ3n) is 5.54. The van der Waals surface area contributed by atoms with Crippen molar-refractivity contribution in [2.45, 2.75) is 43.5 Å². The highest BCUT2D eigenvalue weighted by atomic mass is 32.2. The Bertz CT molecular complexity index is 1150. The molecule has 0 spiro atoms. The summed E-state index contributed by atoms with van der Waals surface area (Å²) in [5, 5.41) is 4.17. The van der Waals surface area contributed by atoms with Crippen LogP contribution in [0.25, 0.3) is 10.4 Å². The average molecular weight is 460 g/mol. The first-order valence-corrected chi connectivity index (χ1v) is 12.7. The highest BCUT2D eigenvalue weighted by molar-refractivity contribution is 7.89. The molecular formula is C23H26FN3O2S2. The largest absolute Gasteiger partial charge is 0.361 e. The van der Waals surface area contributed by atoms with Gasteiger partial charge in [0, 0.05) is 25.3 Å². The highest BCUT2D eigenvalue weighted by Crippen LogP contribution is 2.30. The SMILES string of the molecule is Cc1cccc(-c2cnc(NCCC3CCCCN3S(=O)(=O)c3cccc(F)c3)s2)c1. The molecule has 3 aromatic rings. The van der Waals surface area contributed by atoms with Gasteiger partial charge in [0.2, 0.25) is 10.0 Å². The number of anilines is 1. The van der Waals surface area contributed by atoms with Gasteiger partial charge >= 0.3 is 0 Å². The number of nitrogens with zero attached hydrogens (tertiary/aromatic N) is 2. The Balaban J connectivity index is 1.40. The van der Waals surface area contributed by atoms with Crippen molar-refractivity contribution in [2.24, 2.45) is 0 Å². The van der Waals surface area contributed by atoms with Gasteiger partial charge in [-0.2, -0.15) is 4.31 Å². The van der Waals surface area contributed by atoms with Gasteiger partial charge in [-0.1, -0.05) is 53.7 Å². The summed E-state index contributed by atoms with van der Waals surface area (Å²) in [4.78, 5) is 5.58. The van der Waals surface area contributed by atoms with Crippen LogP contribution >= 0.6 is 11.3 Å². The smallest absolute Gasteiger partial charge is 0.243 e. The lowest BCUT2D eigenvalue weighted by atomic mass is 10.0. The Hall–Kier alpha value is -2.29. The van der Waals surface area contributed by atoms with Crippen molar-refractivity contribution in [1.82, 2.24) is 9.29 Å². The summed E-state index contributed by atoms with van der Waals surface area (Å²) in [5.74, 6) is -0.538. The number of halogens is 1. The lowest BCUT2D eigenvalue weighted by Crippen LogP contribution is -2.44. The van der Waals surface area contributed by atoms with E-state index in [2.05, 4.69) is 35.4 Å². The topological polar surface area (TPSA) is 62.3 Å². The Labute approximate surface area is 187 Å². The summed E-state index contributed by atoms with van der Waals surface area (Å²) < 4.78 is 41.3. The first-order valence-electron chi connectivity index (χ1n) is 10.5. The molecule has 0 aliphatic carbocycles. The molecule has 5 nitrogen and oxygen atoms in total. The normalized spacial score (nSPS) is 17.5. The van der Waals surface area contributed by atoms with Crippen LogP contribution in [-0.4, -0.2) is 36.8 Å². The van der Waals surface area contributed by atoms with Gasteiger partial charge in [0.1, 0.15) is 5.82 Å². The van der Waals surface area contributed by atoms with Crippen LogP contribution in [-0.2, 0) is 10.0 Å². The number of aromatic nitrogens is 1. The minimum absolute atomic E-state index is 0.0232. The molecule has 8 heteroatoms. The van der Waals surface area contributed by atoms with Crippen LogP contribution in [0.3, 0.4) is 0 Å². The zero-order valence-corrected chi connectivity index (χ0v) is 19.1. The zero-order chi connectivity index (χ0) is 21.8. The van der Waals surface area contributed by atoms with Crippen molar-refractivity contribution in [1.29, 1.82) is 0 Å². The van der Waals surface area contributed by atoms with Crippen LogP contribution < -0.4 is 5.32 Å². The van der Waals surface area contributed by atoms with Crippen molar-refractivity contribution in [2.75, 3.05) is 18.4 Å². The van der Waals surface area contributed by atoms with Crippen LogP contribution in [0, 0.1) is 12.7 Å². The van der Waals surface area contributed by atoms with Crippen LogP contribution in [0.15, 0.2) is 59.6 Å². The van der Waals surface area contributed by atoms with Crippen molar-refractivity contribution < 1.29 is 12.8 Å². The summed E-state index contributed by atoms with van der Waals surface area (Å²) in [6.07, 6.45) is 5.17. The van der Waals surface area contributed by atoms with E-state index in [1.807, 2.05) is 12.3 Å². The molecule has 0 amide bonds. The summed E-state index contributed by atoms with van der Waals surface area (Å²) in [6.45, 7) is 3.16. The molecule has 1 aromatic heterocycles. The van der Waals surface area contributed by atoms with E-state index in [1.165, 1.54) is 23.8 Å². The Morgan fingerprint density at radius 3 is 2.84 bits per heavy atom. The Morgan fingerprint density at radius 1 is 1.19 bits per heavy atom. The summed E-state index contributed by atoms with van der Waals surface area (Å²) in [6, 6.07) is 13.5. The fourth-order valence-corrected chi connectivity index (χ4v) is 6.57. The van der Waals surface area contributed by atoms with E-state index in [4.69, 9.17) is 0 Å². The van der Waals surface area contributed by atoms with Gasteiger partial charge in [0.05, 0.1) is 9.77 Å². The van der Waals surface area contributed by atoms with Crippen LogP contribution in [0.1, 0.15) is 31.2 Å². The van der Waals surface area contributed by atoms with Gasteiger partial charge in [-0.3, -0.25) is 0 Å². The average Bonchev–Trinajstić information content (AvgIpc) is 3.23. The number of hydrogen-bond acceptors (Lipinski definition) is 5. The lowest BCUT2D eigenvalue weighted by Gasteiger charge is -2.34. The van der Waals surface area contributed by atoms with Crippen molar-refractivity contribution in [3.8, 4) is 10.4 Å². The molecule has 1 unspecified atom stereocenters. The third-order valence-corrected chi connectivity index (χ3v) is 8.49. The van der Waals surface area contributed by atoms with Crippen LogP contribution in [0.5, 0.6) is 0 Å². The van der Waals surface area contributed by atoms with E-state index in [1.54, 1.807) is 15.6 Å². The van der Waals surface area contributed by atoms with Crippen molar-refractivity contribution in [3.05, 3.63) is 66.1 Å². The molecule has 1 atom stereocenters. The summed E-state index contributed by atoms with van der Waals surface area (Å²) in [7, 11) is -3.71. The maximum Gasteiger partial charge on any atom is 0.243 e. The van der Waals surface area contributed by atoms with E-state index in [9.17, 15) is 12.8 Å². The van der Waals surface area contributed by atoms with Gasteiger partial charge in [0.25, 0.3) is 0 Å². The molecule has 1 N–H and O–H groups in total. The second-order valence-electron chi connectivity index (χ2n) is 7.84. The lowest BCUT2D eigenvalue weighted by molar-refractivity contribution is 0.244. The second-order valence-corrected chi connectivity index (χ2v) is 10.8. The number of aryl methyl sites for hydroxylation is 1. The van der Waals surface area contributed by atoms with E-state index in [0.29, 0.717) is 19.5 Å². The Morgan fingerprint density at radius 2 is 2.03 bits per heavy atom. The molecule has 164 valence electrons. The number of nitrogens with one attached hydrogen (secondary N) is 1. The van der Waals surface area contributed by atoms with Gasteiger partial charge in [-0.25, -0.2) is 17.8 Å². The van der Waals surface area contributed by atoms with E-state index >= 15 is 0 Å². The van der Waals surface area contributed by atoms with Crippen molar-refractivity contribution in [3.63, 3.8) is 0 Å². The minimum Gasteiger partial charge on any atom is -0.361 e. The minimum atomic E-state index is -3.71. The molecule has 0 bridgehead atoms. The van der Waals surface area contributed by atoms with Crippen molar-refractivity contribution >= 4 is 26.5 Å². The number of thiazole rings is 1. The number of rotatable bonds is 7. The zero-order valence-electron chi connectivity index (χ0n) is 17.4. The molecule has 0 radical (unpaired) electrons.